The number of hydrogen-bond acceptors (Lipinski definition) is 2. The highest BCUT2D eigenvalue weighted by Gasteiger charge is 2.43. The molecule has 0 radical (unpaired) electrons. The van der Waals surface area contributed by atoms with Gasteiger partial charge in [0.15, 0.2) is 0 Å². The number of hydrogen-bond donors (Lipinski definition) is 0. The highest BCUT2D eigenvalue weighted by molar-refractivity contribution is 5.06. The van der Waals surface area contributed by atoms with Crippen molar-refractivity contribution in [3.8, 4) is 11.8 Å². The normalized spacial score (nSPS) is 31.8. The first-order valence-electron chi connectivity index (χ1n) is 5.10. The Kier molecular flexibility index (Phi) is 2.87. The lowest BCUT2D eigenvalue weighted by molar-refractivity contribution is 0.235. The topological polar surface area (TPSA) is 12.5 Å². The van der Waals surface area contributed by atoms with Crippen LogP contribution in [-0.4, -0.2) is 37.7 Å². The number of rotatable bonds is 2. The zero-order chi connectivity index (χ0) is 9.10. The van der Waals surface area contributed by atoms with E-state index in [9.17, 15) is 0 Å². The second-order valence-electron chi connectivity index (χ2n) is 3.96. The van der Waals surface area contributed by atoms with Crippen molar-refractivity contribution in [2.24, 2.45) is 5.92 Å². The van der Waals surface area contributed by atoms with E-state index in [4.69, 9.17) is 4.74 Å². The first kappa shape index (κ1) is 9.05. The minimum absolute atomic E-state index is 0.571. The van der Waals surface area contributed by atoms with Gasteiger partial charge in [0.25, 0.3) is 0 Å². The molecule has 0 amide bonds. The van der Waals surface area contributed by atoms with Gasteiger partial charge in [0.1, 0.15) is 6.61 Å². The Hall–Kier alpha value is -0.520. The molecule has 0 aromatic heterocycles. The first-order valence-corrected chi connectivity index (χ1v) is 5.10. The number of ether oxygens (including phenoxy) is 1. The monoisotopic (exact) mass is 179 g/mol. The van der Waals surface area contributed by atoms with Crippen LogP contribution in [0.25, 0.3) is 0 Å². The Morgan fingerprint density at radius 3 is 3.23 bits per heavy atom. The Bertz CT molecular complexity index is 228. The Morgan fingerprint density at radius 2 is 2.38 bits per heavy atom. The van der Waals surface area contributed by atoms with Crippen molar-refractivity contribution >= 4 is 0 Å². The van der Waals surface area contributed by atoms with Crippen molar-refractivity contribution in [2.75, 3.05) is 26.8 Å². The Labute approximate surface area is 80.2 Å². The summed E-state index contributed by atoms with van der Waals surface area (Å²) in [6.45, 7) is 2.77. The summed E-state index contributed by atoms with van der Waals surface area (Å²) in [4.78, 5) is 2.52. The van der Waals surface area contributed by atoms with Gasteiger partial charge in [-0.1, -0.05) is 11.8 Å². The summed E-state index contributed by atoms with van der Waals surface area (Å²) in [5, 5.41) is 0. The van der Waals surface area contributed by atoms with E-state index in [1.54, 1.807) is 7.11 Å². The molecule has 1 saturated carbocycles. The van der Waals surface area contributed by atoms with Gasteiger partial charge in [-0.05, 0) is 31.7 Å². The number of methoxy groups -OCH3 is 1. The van der Waals surface area contributed by atoms with Gasteiger partial charge >= 0.3 is 0 Å². The van der Waals surface area contributed by atoms with Gasteiger partial charge in [0, 0.05) is 13.2 Å². The zero-order valence-electron chi connectivity index (χ0n) is 8.25. The number of fused-ring (bicyclic) bond motifs is 1. The summed E-state index contributed by atoms with van der Waals surface area (Å²) in [7, 11) is 1.69. The van der Waals surface area contributed by atoms with E-state index in [0.29, 0.717) is 6.61 Å². The van der Waals surface area contributed by atoms with Gasteiger partial charge < -0.3 is 4.74 Å². The van der Waals surface area contributed by atoms with Gasteiger partial charge in [-0.15, -0.1) is 0 Å². The van der Waals surface area contributed by atoms with Crippen LogP contribution in [0.3, 0.4) is 0 Å². The first-order chi connectivity index (χ1) is 6.42. The van der Waals surface area contributed by atoms with Crippen LogP contribution < -0.4 is 0 Å². The number of likely N-dealkylation sites (tertiary alicyclic amines) is 1. The summed E-state index contributed by atoms with van der Waals surface area (Å²) in [5.74, 6) is 7.18. The smallest absolute Gasteiger partial charge is 0.107 e. The predicted octanol–water partition coefficient (Wildman–Crippen LogP) is 1.12. The lowest BCUT2D eigenvalue weighted by Gasteiger charge is -2.23. The number of nitrogens with zero attached hydrogens (tertiary/aromatic N) is 1. The summed E-state index contributed by atoms with van der Waals surface area (Å²) < 4.78 is 4.88. The molecule has 0 aromatic rings. The predicted molar refractivity (Wildman–Crippen MR) is 52.4 cm³/mol. The largest absolute Gasteiger partial charge is 0.372 e. The van der Waals surface area contributed by atoms with E-state index in [2.05, 4.69) is 16.7 Å². The van der Waals surface area contributed by atoms with E-state index >= 15 is 0 Å². The SMILES string of the molecule is COCC#CCN1CCC[C@@H]2C[C@@H]21. The van der Waals surface area contributed by atoms with Crippen LogP contribution in [0, 0.1) is 17.8 Å². The molecule has 2 nitrogen and oxygen atoms in total. The van der Waals surface area contributed by atoms with Crippen LogP contribution in [-0.2, 0) is 4.74 Å². The second-order valence-corrected chi connectivity index (χ2v) is 3.96. The summed E-state index contributed by atoms with van der Waals surface area (Å²) >= 11 is 0. The highest BCUT2D eigenvalue weighted by Crippen LogP contribution is 2.42. The lowest BCUT2D eigenvalue weighted by atomic mass is 10.1. The highest BCUT2D eigenvalue weighted by atomic mass is 16.5. The van der Waals surface area contributed by atoms with Crippen LogP contribution in [0.15, 0.2) is 0 Å². The van der Waals surface area contributed by atoms with Crippen LogP contribution in [0.5, 0.6) is 0 Å². The molecule has 0 N–H and O–H groups in total. The molecule has 13 heavy (non-hydrogen) atoms. The molecule has 2 heteroatoms. The third kappa shape index (κ3) is 2.24. The molecule has 1 saturated heterocycles. The molecule has 1 heterocycles. The summed E-state index contributed by atoms with van der Waals surface area (Å²) in [6, 6.07) is 0.880. The zero-order valence-corrected chi connectivity index (χ0v) is 8.25. The van der Waals surface area contributed by atoms with Crippen LogP contribution >= 0.6 is 0 Å². The Balaban J connectivity index is 1.73. The molecule has 2 fully saturated rings. The van der Waals surface area contributed by atoms with Crippen molar-refractivity contribution in [1.82, 2.24) is 4.90 Å². The van der Waals surface area contributed by atoms with Crippen molar-refractivity contribution < 1.29 is 4.74 Å². The van der Waals surface area contributed by atoms with Crippen molar-refractivity contribution in [1.29, 1.82) is 0 Å². The quantitative estimate of drug-likeness (QED) is 0.589. The van der Waals surface area contributed by atoms with Crippen molar-refractivity contribution in [3.05, 3.63) is 0 Å². The second kappa shape index (κ2) is 4.13. The van der Waals surface area contributed by atoms with E-state index in [0.717, 1.165) is 18.5 Å². The maximum atomic E-state index is 4.88. The van der Waals surface area contributed by atoms with Crippen molar-refractivity contribution in [2.45, 2.75) is 25.3 Å². The number of piperidine rings is 1. The molecule has 2 aliphatic rings. The molecular formula is C11H17NO. The van der Waals surface area contributed by atoms with E-state index in [-0.39, 0.29) is 0 Å². The molecular weight excluding hydrogens is 162 g/mol. The minimum atomic E-state index is 0.571. The van der Waals surface area contributed by atoms with Gasteiger partial charge in [-0.2, -0.15) is 0 Å². The fourth-order valence-corrected chi connectivity index (χ4v) is 2.19. The average Bonchev–Trinajstić information content (AvgIpc) is 2.91. The van der Waals surface area contributed by atoms with E-state index in [1.165, 1.54) is 25.8 Å². The third-order valence-corrected chi connectivity index (χ3v) is 3.00. The van der Waals surface area contributed by atoms with Crippen LogP contribution in [0.2, 0.25) is 0 Å². The van der Waals surface area contributed by atoms with Crippen LogP contribution in [0.1, 0.15) is 19.3 Å². The fourth-order valence-electron chi connectivity index (χ4n) is 2.19. The summed E-state index contributed by atoms with van der Waals surface area (Å²) in [5.41, 5.74) is 0. The maximum absolute atomic E-state index is 4.88. The van der Waals surface area contributed by atoms with Gasteiger partial charge in [0.05, 0.1) is 6.54 Å². The minimum Gasteiger partial charge on any atom is -0.372 e. The molecule has 2 atom stereocenters. The van der Waals surface area contributed by atoms with Crippen LogP contribution in [0.4, 0.5) is 0 Å². The fraction of sp³-hybridized carbons (Fsp3) is 0.818. The molecule has 2 rings (SSSR count). The molecule has 1 aliphatic carbocycles. The third-order valence-electron chi connectivity index (χ3n) is 3.00. The standard InChI is InChI=1S/C11H17NO/c1-13-8-3-2-6-12-7-4-5-10-9-11(10)12/h10-11H,4-9H2,1H3/t10-,11+/m1/s1. The average molecular weight is 179 g/mol. The van der Waals surface area contributed by atoms with Gasteiger partial charge in [0.2, 0.25) is 0 Å². The maximum Gasteiger partial charge on any atom is 0.107 e. The van der Waals surface area contributed by atoms with E-state index < -0.39 is 0 Å². The Morgan fingerprint density at radius 1 is 1.46 bits per heavy atom. The molecule has 0 spiro atoms. The molecule has 72 valence electrons. The van der Waals surface area contributed by atoms with E-state index in [1.807, 2.05) is 0 Å². The van der Waals surface area contributed by atoms with Gasteiger partial charge in [-0.25, -0.2) is 0 Å². The van der Waals surface area contributed by atoms with Gasteiger partial charge in [-0.3, -0.25) is 4.90 Å². The molecule has 0 bridgehead atoms. The molecule has 0 aromatic carbocycles. The van der Waals surface area contributed by atoms with Crippen molar-refractivity contribution in [3.63, 3.8) is 0 Å². The lowest BCUT2D eigenvalue weighted by Crippen LogP contribution is -2.31. The summed E-state index contributed by atoms with van der Waals surface area (Å²) in [6.07, 6.45) is 4.24. The molecule has 1 aliphatic heterocycles. The molecule has 0 unspecified atom stereocenters.